The predicted octanol–water partition coefficient (Wildman–Crippen LogP) is 2.36. The van der Waals surface area contributed by atoms with E-state index in [1.165, 1.54) is 7.11 Å². The molecule has 0 amide bonds. The number of hydrogen-bond donors (Lipinski definition) is 1. The van der Waals surface area contributed by atoms with Gasteiger partial charge in [0.15, 0.2) is 0 Å². The highest BCUT2D eigenvalue weighted by molar-refractivity contribution is 7.14. The molecule has 1 heterocycles. The van der Waals surface area contributed by atoms with E-state index in [1.807, 2.05) is 31.4 Å². The quantitative estimate of drug-likeness (QED) is 0.780. The fourth-order valence-electron chi connectivity index (χ4n) is 1.04. The third-order valence-electron chi connectivity index (χ3n) is 1.96. The van der Waals surface area contributed by atoms with E-state index in [9.17, 15) is 4.79 Å². The summed E-state index contributed by atoms with van der Waals surface area (Å²) in [6, 6.07) is 3.95. The van der Waals surface area contributed by atoms with Crippen molar-refractivity contribution in [1.29, 1.82) is 0 Å². The zero-order valence-corrected chi connectivity index (χ0v) is 9.48. The number of carbonyl (C=O) groups excluding carboxylic acids is 1. The van der Waals surface area contributed by atoms with Gasteiger partial charge < -0.3 is 10.1 Å². The molecule has 0 aliphatic carbocycles. The smallest absolute Gasteiger partial charge is 0.313 e. The highest BCUT2D eigenvalue weighted by atomic mass is 32.1. The third-order valence-corrected chi connectivity index (χ3v) is 2.79. The van der Waals surface area contributed by atoms with Crippen molar-refractivity contribution in [2.24, 2.45) is 5.41 Å². The van der Waals surface area contributed by atoms with Gasteiger partial charge in [-0.2, -0.15) is 0 Å². The van der Waals surface area contributed by atoms with Gasteiger partial charge in [-0.25, -0.2) is 0 Å². The van der Waals surface area contributed by atoms with Gasteiger partial charge in [0.05, 0.1) is 17.5 Å². The SMILES string of the molecule is COC(=O)C(C)(C)CNc1cccs1. The Hall–Kier alpha value is -1.03. The largest absolute Gasteiger partial charge is 0.469 e. The predicted molar refractivity (Wildman–Crippen MR) is 58.6 cm³/mol. The van der Waals surface area contributed by atoms with Crippen molar-refractivity contribution < 1.29 is 9.53 Å². The number of anilines is 1. The first kappa shape index (κ1) is 11.0. The summed E-state index contributed by atoms with van der Waals surface area (Å²) in [4.78, 5) is 11.3. The van der Waals surface area contributed by atoms with Crippen molar-refractivity contribution in [3.05, 3.63) is 17.5 Å². The van der Waals surface area contributed by atoms with Crippen LogP contribution in [0, 0.1) is 5.41 Å². The fourth-order valence-corrected chi connectivity index (χ4v) is 1.65. The Kier molecular flexibility index (Phi) is 3.52. The third kappa shape index (κ3) is 2.73. The van der Waals surface area contributed by atoms with Crippen LogP contribution in [0.15, 0.2) is 17.5 Å². The molecule has 0 saturated heterocycles. The fraction of sp³-hybridized carbons (Fsp3) is 0.500. The molecule has 0 spiro atoms. The van der Waals surface area contributed by atoms with Crippen LogP contribution in [0.4, 0.5) is 5.00 Å². The zero-order chi connectivity index (χ0) is 10.6. The number of rotatable bonds is 4. The van der Waals surface area contributed by atoms with Crippen LogP contribution in [0.25, 0.3) is 0 Å². The molecule has 0 aliphatic rings. The van der Waals surface area contributed by atoms with E-state index in [4.69, 9.17) is 4.74 Å². The van der Waals surface area contributed by atoms with Crippen molar-refractivity contribution in [3.8, 4) is 0 Å². The van der Waals surface area contributed by atoms with E-state index in [0.29, 0.717) is 6.54 Å². The lowest BCUT2D eigenvalue weighted by atomic mass is 9.94. The molecule has 0 aliphatic heterocycles. The minimum Gasteiger partial charge on any atom is -0.469 e. The van der Waals surface area contributed by atoms with Gasteiger partial charge in [0.2, 0.25) is 0 Å². The zero-order valence-electron chi connectivity index (χ0n) is 8.66. The minimum atomic E-state index is -0.487. The van der Waals surface area contributed by atoms with Gasteiger partial charge in [-0.1, -0.05) is 0 Å². The molecule has 0 bridgehead atoms. The maximum Gasteiger partial charge on any atom is 0.313 e. The molecule has 78 valence electrons. The standard InChI is InChI=1S/C10H15NO2S/c1-10(2,9(12)13-3)7-11-8-5-4-6-14-8/h4-6,11H,7H2,1-3H3. The molecule has 1 rings (SSSR count). The van der Waals surface area contributed by atoms with Crippen molar-refractivity contribution in [1.82, 2.24) is 0 Å². The summed E-state index contributed by atoms with van der Waals surface area (Å²) in [5.74, 6) is -0.193. The molecule has 1 aromatic rings. The van der Waals surface area contributed by atoms with Gasteiger partial charge in [-0.15, -0.1) is 11.3 Å². The molecule has 14 heavy (non-hydrogen) atoms. The van der Waals surface area contributed by atoms with Gasteiger partial charge in [0, 0.05) is 6.54 Å². The maximum absolute atomic E-state index is 11.3. The normalized spacial score (nSPS) is 11.1. The Labute approximate surface area is 88.1 Å². The average molecular weight is 213 g/mol. The monoisotopic (exact) mass is 213 g/mol. The molecule has 0 atom stereocenters. The first-order valence-corrected chi connectivity index (χ1v) is 5.30. The average Bonchev–Trinajstić information content (AvgIpc) is 2.66. The van der Waals surface area contributed by atoms with E-state index in [-0.39, 0.29) is 5.97 Å². The lowest BCUT2D eigenvalue weighted by Crippen LogP contribution is -2.32. The summed E-state index contributed by atoms with van der Waals surface area (Å²) in [6.07, 6.45) is 0. The summed E-state index contributed by atoms with van der Waals surface area (Å²) >= 11 is 1.62. The highest BCUT2D eigenvalue weighted by Gasteiger charge is 2.28. The molecule has 0 radical (unpaired) electrons. The Morgan fingerprint density at radius 2 is 2.36 bits per heavy atom. The second-order valence-electron chi connectivity index (χ2n) is 3.71. The molecule has 1 N–H and O–H groups in total. The van der Waals surface area contributed by atoms with Crippen LogP contribution in [0.3, 0.4) is 0 Å². The first-order valence-electron chi connectivity index (χ1n) is 4.42. The number of carbonyl (C=O) groups is 1. The van der Waals surface area contributed by atoms with Crippen LogP contribution in [-0.4, -0.2) is 19.6 Å². The van der Waals surface area contributed by atoms with E-state index >= 15 is 0 Å². The first-order chi connectivity index (χ1) is 6.56. The van der Waals surface area contributed by atoms with Gasteiger partial charge >= 0.3 is 5.97 Å². The molecule has 0 saturated carbocycles. The second-order valence-corrected chi connectivity index (χ2v) is 4.65. The molecular formula is C10H15NO2S. The number of methoxy groups -OCH3 is 1. The van der Waals surface area contributed by atoms with E-state index in [1.54, 1.807) is 11.3 Å². The summed E-state index contributed by atoms with van der Waals surface area (Å²) in [5.41, 5.74) is -0.487. The summed E-state index contributed by atoms with van der Waals surface area (Å²) < 4.78 is 4.71. The molecule has 0 aromatic carbocycles. The lowest BCUT2D eigenvalue weighted by Gasteiger charge is -2.21. The summed E-state index contributed by atoms with van der Waals surface area (Å²) in [7, 11) is 1.41. The molecule has 1 aromatic heterocycles. The molecule has 0 fully saturated rings. The van der Waals surface area contributed by atoms with Crippen molar-refractivity contribution >= 4 is 22.3 Å². The van der Waals surface area contributed by atoms with Crippen LogP contribution < -0.4 is 5.32 Å². The van der Waals surface area contributed by atoms with Crippen LogP contribution in [0.5, 0.6) is 0 Å². The van der Waals surface area contributed by atoms with Crippen LogP contribution in [0.1, 0.15) is 13.8 Å². The maximum atomic E-state index is 11.3. The van der Waals surface area contributed by atoms with Crippen molar-refractivity contribution in [2.45, 2.75) is 13.8 Å². The van der Waals surface area contributed by atoms with Gasteiger partial charge in [0.1, 0.15) is 0 Å². The van der Waals surface area contributed by atoms with Crippen LogP contribution >= 0.6 is 11.3 Å². The number of nitrogens with one attached hydrogen (secondary N) is 1. The Balaban J connectivity index is 2.48. The molecular weight excluding hydrogens is 198 g/mol. The van der Waals surface area contributed by atoms with Crippen molar-refractivity contribution in [2.75, 3.05) is 19.0 Å². The van der Waals surface area contributed by atoms with E-state index < -0.39 is 5.41 Å². The molecule has 0 unspecified atom stereocenters. The number of hydrogen-bond acceptors (Lipinski definition) is 4. The number of thiophene rings is 1. The minimum absolute atomic E-state index is 0.193. The Morgan fingerprint density at radius 1 is 1.64 bits per heavy atom. The Morgan fingerprint density at radius 3 is 2.86 bits per heavy atom. The Bertz CT molecular complexity index is 293. The number of ether oxygens (including phenoxy) is 1. The molecule has 3 nitrogen and oxygen atoms in total. The lowest BCUT2D eigenvalue weighted by molar-refractivity contribution is -0.149. The molecule has 4 heteroatoms. The van der Waals surface area contributed by atoms with E-state index in [2.05, 4.69) is 5.32 Å². The van der Waals surface area contributed by atoms with Gasteiger partial charge in [0.25, 0.3) is 0 Å². The second kappa shape index (κ2) is 4.46. The van der Waals surface area contributed by atoms with Crippen molar-refractivity contribution in [3.63, 3.8) is 0 Å². The summed E-state index contributed by atoms with van der Waals surface area (Å²) in [6.45, 7) is 4.30. The number of esters is 1. The van der Waals surface area contributed by atoms with Gasteiger partial charge in [-0.3, -0.25) is 4.79 Å². The van der Waals surface area contributed by atoms with Gasteiger partial charge in [-0.05, 0) is 31.4 Å². The summed E-state index contributed by atoms with van der Waals surface area (Å²) in [5, 5.41) is 6.26. The topological polar surface area (TPSA) is 38.3 Å². The highest BCUT2D eigenvalue weighted by Crippen LogP contribution is 2.21. The van der Waals surface area contributed by atoms with E-state index in [0.717, 1.165) is 5.00 Å². The van der Waals surface area contributed by atoms with Crippen LogP contribution in [0.2, 0.25) is 0 Å². The van der Waals surface area contributed by atoms with Crippen LogP contribution in [-0.2, 0) is 9.53 Å².